The summed E-state index contributed by atoms with van der Waals surface area (Å²) in [5.41, 5.74) is 3.81. The molecule has 0 unspecified atom stereocenters. The number of nitrogens with zero attached hydrogens (tertiary/aromatic N) is 4. The minimum Gasteiger partial charge on any atom is -0.462 e. The number of unbranched alkanes of at least 4 members (excludes halogenated alkanes) is 2. The number of guanidine groups is 1. The Balaban J connectivity index is 1.75. The molecule has 1 aromatic heterocycles. The number of aliphatic imine (C=N–C) groups is 2. The number of carbonyl (C=O) groups excluding carboxylic acids is 2. The fourth-order valence-corrected chi connectivity index (χ4v) is 3.64. The van der Waals surface area contributed by atoms with Gasteiger partial charge >= 0.3 is 11.9 Å². The molecule has 0 atom stereocenters. The number of aromatic nitrogens is 2. The Bertz CT molecular complexity index is 1370. The molecule has 41 heavy (non-hydrogen) atoms. The monoisotopic (exact) mass is 558 g/mol. The lowest BCUT2D eigenvalue weighted by molar-refractivity contribution is 0.0490. The molecule has 0 bridgehead atoms. The third-order valence-corrected chi connectivity index (χ3v) is 5.95. The predicted octanol–water partition coefficient (Wildman–Crippen LogP) is 6.19. The van der Waals surface area contributed by atoms with Crippen LogP contribution in [0.2, 0.25) is 0 Å². The molecule has 1 heterocycles. The molecule has 216 valence electrons. The van der Waals surface area contributed by atoms with Crippen molar-refractivity contribution in [2.75, 3.05) is 23.8 Å². The fraction of sp³-hybridized carbons (Fsp3) is 0.323. The number of anilines is 2. The van der Waals surface area contributed by atoms with Crippen LogP contribution in [0.3, 0.4) is 0 Å². The quantitative estimate of drug-likeness (QED) is 0.111. The maximum Gasteiger partial charge on any atom is 0.338 e. The van der Waals surface area contributed by atoms with E-state index in [1.165, 1.54) is 0 Å². The molecule has 0 aliphatic heterocycles. The third-order valence-electron chi connectivity index (χ3n) is 5.95. The van der Waals surface area contributed by atoms with Crippen LogP contribution in [0.5, 0.6) is 0 Å². The van der Waals surface area contributed by atoms with Crippen molar-refractivity contribution < 1.29 is 19.1 Å². The maximum absolute atomic E-state index is 12.3. The van der Waals surface area contributed by atoms with Gasteiger partial charge in [-0.15, -0.1) is 0 Å². The van der Waals surface area contributed by atoms with E-state index in [2.05, 4.69) is 32.3 Å². The van der Waals surface area contributed by atoms with Crippen LogP contribution in [-0.2, 0) is 16.5 Å². The Kier molecular flexibility index (Phi) is 11.8. The highest BCUT2D eigenvalue weighted by Crippen LogP contribution is 2.15. The van der Waals surface area contributed by atoms with Gasteiger partial charge in [-0.2, -0.15) is 10.1 Å². The van der Waals surface area contributed by atoms with Gasteiger partial charge in [-0.3, -0.25) is 4.68 Å². The Hall–Kier alpha value is -4.73. The summed E-state index contributed by atoms with van der Waals surface area (Å²) < 4.78 is 12.3. The molecule has 2 N–H and O–H groups in total. The zero-order chi connectivity index (χ0) is 29.6. The summed E-state index contributed by atoms with van der Waals surface area (Å²) in [5.74, 6) is -0.116. The molecule has 10 nitrogen and oxygen atoms in total. The first-order valence-corrected chi connectivity index (χ1v) is 13.7. The smallest absolute Gasteiger partial charge is 0.338 e. The number of rotatable bonds is 13. The van der Waals surface area contributed by atoms with E-state index >= 15 is 0 Å². The highest BCUT2D eigenvalue weighted by molar-refractivity contribution is 6.08. The number of nitrogens with one attached hydrogen (secondary N) is 2. The van der Waals surface area contributed by atoms with Gasteiger partial charge in [0.05, 0.1) is 35.7 Å². The Labute approximate surface area is 241 Å². The molecular weight excluding hydrogens is 520 g/mol. The van der Waals surface area contributed by atoms with Crippen molar-refractivity contribution in [3.05, 3.63) is 90.0 Å². The lowest BCUT2D eigenvalue weighted by Gasteiger charge is -2.11. The second-order valence-corrected chi connectivity index (χ2v) is 9.30. The number of carbonyl (C=O) groups is 2. The first-order chi connectivity index (χ1) is 19.8. The minimum absolute atomic E-state index is 0.274. The van der Waals surface area contributed by atoms with Crippen LogP contribution < -0.4 is 10.6 Å². The van der Waals surface area contributed by atoms with Crippen LogP contribution in [-0.4, -0.2) is 46.6 Å². The number of ether oxygens (including phenoxy) is 2. The number of hydrogen-bond acceptors (Lipinski definition) is 7. The molecule has 0 spiro atoms. The maximum atomic E-state index is 12.3. The van der Waals surface area contributed by atoms with Crippen LogP contribution >= 0.6 is 0 Å². The molecule has 0 aliphatic rings. The zero-order valence-electron chi connectivity index (χ0n) is 24.1. The van der Waals surface area contributed by atoms with Crippen molar-refractivity contribution in [2.45, 2.75) is 46.5 Å². The van der Waals surface area contributed by atoms with E-state index in [0.29, 0.717) is 47.2 Å². The number of aryl methyl sites for hydroxylation is 1. The van der Waals surface area contributed by atoms with E-state index in [0.717, 1.165) is 31.4 Å². The van der Waals surface area contributed by atoms with Crippen LogP contribution in [0.25, 0.3) is 0 Å². The second-order valence-electron chi connectivity index (χ2n) is 9.30. The van der Waals surface area contributed by atoms with Crippen molar-refractivity contribution in [1.29, 1.82) is 0 Å². The van der Waals surface area contributed by atoms with Crippen LogP contribution in [0.4, 0.5) is 11.4 Å². The lowest BCUT2D eigenvalue weighted by Crippen LogP contribution is -2.15. The molecule has 0 radical (unpaired) electrons. The summed E-state index contributed by atoms with van der Waals surface area (Å²) >= 11 is 0. The van der Waals surface area contributed by atoms with E-state index < -0.39 is 0 Å². The van der Waals surface area contributed by atoms with E-state index in [4.69, 9.17) is 9.47 Å². The van der Waals surface area contributed by atoms with Crippen molar-refractivity contribution in [2.24, 2.45) is 17.0 Å². The molecule has 10 heteroatoms. The van der Waals surface area contributed by atoms with Gasteiger partial charge < -0.3 is 20.1 Å². The van der Waals surface area contributed by atoms with Gasteiger partial charge in [-0.25, -0.2) is 14.6 Å². The van der Waals surface area contributed by atoms with E-state index in [1.54, 1.807) is 59.4 Å². The van der Waals surface area contributed by atoms with Gasteiger partial charge in [0.25, 0.3) is 0 Å². The van der Waals surface area contributed by atoms with Gasteiger partial charge in [-0.1, -0.05) is 33.3 Å². The van der Waals surface area contributed by atoms with E-state index in [-0.39, 0.29) is 17.9 Å². The zero-order valence-corrected chi connectivity index (χ0v) is 24.1. The summed E-state index contributed by atoms with van der Waals surface area (Å²) in [6, 6.07) is 15.6. The van der Waals surface area contributed by atoms with Gasteiger partial charge in [0, 0.05) is 24.6 Å². The van der Waals surface area contributed by atoms with E-state index in [1.807, 2.05) is 33.9 Å². The molecule has 0 amide bonds. The fourth-order valence-electron chi connectivity index (χ4n) is 3.64. The topological polar surface area (TPSA) is 119 Å². The normalized spacial score (nSPS) is 11.6. The molecule has 2 aromatic carbocycles. The number of benzene rings is 2. The molecule has 0 saturated heterocycles. The lowest BCUT2D eigenvalue weighted by atomic mass is 10.2. The minimum atomic E-state index is -0.359. The van der Waals surface area contributed by atoms with Crippen LogP contribution in [0.1, 0.15) is 72.9 Å². The molecule has 0 fully saturated rings. The molecular formula is C31H38N6O4. The second kappa shape index (κ2) is 15.8. The van der Waals surface area contributed by atoms with Crippen molar-refractivity contribution >= 4 is 35.0 Å². The third kappa shape index (κ3) is 9.75. The summed E-state index contributed by atoms with van der Waals surface area (Å²) in [5, 5.41) is 10.5. The van der Waals surface area contributed by atoms with Gasteiger partial charge in [0.15, 0.2) is 0 Å². The largest absolute Gasteiger partial charge is 0.462 e. The number of esters is 2. The van der Waals surface area contributed by atoms with Crippen molar-refractivity contribution in [1.82, 2.24) is 9.78 Å². The molecule has 0 saturated carbocycles. The van der Waals surface area contributed by atoms with Gasteiger partial charge in [0.1, 0.15) is 5.82 Å². The average Bonchev–Trinajstić information content (AvgIpc) is 3.39. The average molecular weight is 559 g/mol. The van der Waals surface area contributed by atoms with Gasteiger partial charge in [0.2, 0.25) is 5.96 Å². The highest BCUT2D eigenvalue weighted by Gasteiger charge is 2.10. The Morgan fingerprint density at radius 2 is 1.34 bits per heavy atom. The van der Waals surface area contributed by atoms with Crippen molar-refractivity contribution in [3.63, 3.8) is 0 Å². The predicted molar refractivity (Wildman–Crippen MR) is 163 cm³/mol. The van der Waals surface area contributed by atoms with E-state index in [9.17, 15) is 9.59 Å². The Morgan fingerprint density at radius 3 is 1.80 bits per heavy atom. The highest BCUT2D eigenvalue weighted by atomic mass is 16.5. The first-order valence-electron chi connectivity index (χ1n) is 13.7. The van der Waals surface area contributed by atoms with Crippen LogP contribution in [0.15, 0.2) is 83.2 Å². The first kappa shape index (κ1) is 30.8. The molecule has 3 aromatic rings. The molecule has 3 rings (SSSR count). The van der Waals surface area contributed by atoms with Gasteiger partial charge in [-0.05, 0) is 74.4 Å². The van der Waals surface area contributed by atoms with Crippen LogP contribution in [0, 0.1) is 0 Å². The molecule has 0 aliphatic carbocycles. The number of hydrogen-bond donors (Lipinski definition) is 2. The summed E-state index contributed by atoms with van der Waals surface area (Å²) in [4.78, 5) is 33.7. The summed E-state index contributed by atoms with van der Waals surface area (Å²) in [6.07, 6.45) is 5.27. The summed E-state index contributed by atoms with van der Waals surface area (Å²) in [6.45, 7) is 10.8. The van der Waals surface area contributed by atoms with Crippen molar-refractivity contribution in [3.8, 4) is 0 Å². The SMILES string of the molecule is C=C(/N=C(\N=C(/C)c1ccnn1C)Nc1ccc(C(=O)OCCCC)cc1)Nc1ccc(C(=O)OCCCC)cc1. The summed E-state index contributed by atoms with van der Waals surface area (Å²) in [7, 11) is 1.83. The Morgan fingerprint density at radius 1 is 0.829 bits per heavy atom. The standard InChI is InChI=1S/C31H38N6O4/c1-6-8-20-40-29(38)24-10-14-26(15-11-24)34-23(4)35-31(33-22(3)28-18-19-32-37(28)5)36-27-16-12-25(13-17-27)30(39)41-21-9-7-2/h10-19,34H,4,6-9,20-21H2,1-3,5H3,(H,35,36)/b33-22+.